The summed E-state index contributed by atoms with van der Waals surface area (Å²) in [6, 6.07) is 7.04. The summed E-state index contributed by atoms with van der Waals surface area (Å²) >= 11 is 0. The van der Waals surface area contributed by atoms with Crippen LogP contribution in [0.25, 0.3) is 0 Å². The van der Waals surface area contributed by atoms with E-state index >= 15 is 0 Å². The van der Waals surface area contributed by atoms with Gasteiger partial charge >= 0.3 is 5.97 Å². The van der Waals surface area contributed by atoms with Crippen molar-refractivity contribution in [2.75, 3.05) is 25.2 Å². The number of benzene rings is 1. The average Bonchev–Trinajstić information content (AvgIpc) is 2.76. The Morgan fingerprint density at radius 2 is 2.00 bits per heavy atom. The molecule has 1 unspecified atom stereocenters. The molecule has 1 atom stereocenters. The van der Waals surface area contributed by atoms with Crippen molar-refractivity contribution in [3.8, 4) is 11.5 Å². The van der Waals surface area contributed by atoms with E-state index in [0.29, 0.717) is 11.5 Å². The van der Waals surface area contributed by atoms with Gasteiger partial charge in [0.25, 0.3) is 0 Å². The normalized spacial score (nSPS) is 23.7. The van der Waals surface area contributed by atoms with Crippen LogP contribution in [0.4, 0.5) is 0 Å². The minimum Gasteiger partial charge on any atom is -0.493 e. The van der Waals surface area contributed by atoms with Crippen LogP contribution in [0.15, 0.2) is 24.3 Å². The average molecular weight is 314 g/mol. The molecular weight excluding hydrogens is 296 g/mol. The minimum absolute atomic E-state index is 0.0754. The summed E-state index contributed by atoms with van der Waals surface area (Å²) < 4.78 is 33.8. The summed E-state index contributed by atoms with van der Waals surface area (Å²) in [6.07, 6.45) is 0.291. The molecule has 1 N–H and O–H groups in total. The van der Waals surface area contributed by atoms with E-state index in [1.54, 1.807) is 24.3 Å². The number of carboxylic acid groups (broad SMARTS) is 1. The van der Waals surface area contributed by atoms with Crippen molar-refractivity contribution in [2.24, 2.45) is 5.41 Å². The number of methoxy groups -OCH3 is 1. The van der Waals surface area contributed by atoms with Crippen LogP contribution in [0.5, 0.6) is 11.5 Å². The Morgan fingerprint density at radius 3 is 2.52 bits per heavy atom. The third kappa shape index (κ3) is 3.47. The van der Waals surface area contributed by atoms with Crippen LogP contribution in [-0.4, -0.2) is 44.7 Å². The number of rotatable bonds is 6. The molecule has 0 saturated carbocycles. The second kappa shape index (κ2) is 5.93. The highest BCUT2D eigenvalue weighted by molar-refractivity contribution is 7.91. The predicted octanol–water partition coefficient (Wildman–Crippen LogP) is 1.35. The largest absolute Gasteiger partial charge is 0.493 e. The van der Waals surface area contributed by atoms with Gasteiger partial charge in [0.2, 0.25) is 0 Å². The summed E-state index contributed by atoms with van der Waals surface area (Å²) in [6.45, 7) is 0.127. The van der Waals surface area contributed by atoms with Gasteiger partial charge in [-0.15, -0.1) is 0 Å². The first kappa shape index (κ1) is 15.6. The van der Waals surface area contributed by atoms with E-state index in [2.05, 4.69) is 0 Å². The molecule has 1 saturated heterocycles. The summed E-state index contributed by atoms with van der Waals surface area (Å²) in [7, 11) is -1.75. The summed E-state index contributed by atoms with van der Waals surface area (Å²) in [5.74, 6) is -0.395. The molecule has 1 aliphatic heterocycles. The number of hydrogen-bond donors (Lipinski definition) is 1. The molecule has 0 bridgehead atoms. The summed E-state index contributed by atoms with van der Waals surface area (Å²) in [4.78, 5) is 11.4. The van der Waals surface area contributed by atoms with Crippen molar-refractivity contribution >= 4 is 15.8 Å². The number of sulfone groups is 1. The van der Waals surface area contributed by atoms with Crippen molar-refractivity contribution in [3.05, 3.63) is 24.3 Å². The molecule has 1 aromatic rings. The molecule has 0 spiro atoms. The van der Waals surface area contributed by atoms with E-state index in [1.165, 1.54) is 7.11 Å². The number of para-hydroxylation sites is 2. The van der Waals surface area contributed by atoms with Gasteiger partial charge in [-0.2, -0.15) is 0 Å². The van der Waals surface area contributed by atoms with Crippen molar-refractivity contribution in [1.82, 2.24) is 0 Å². The molecule has 0 aliphatic carbocycles. The maximum Gasteiger partial charge on any atom is 0.310 e. The second-order valence-corrected chi connectivity index (χ2v) is 7.36. The van der Waals surface area contributed by atoms with E-state index in [0.717, 1.165) is 0 Å². The van der Waals surface area contributed by atoms with Crippen molar-refractivity contribution in [1.29, 1.82) is 0 Å². The highest BCUT2D eigenvalue weighted by atomic mass is 32.2. The SMILES string of the molecule is COc1ccccc1OCCC1(C(=O)O)CCS(=O)(=O)C1. The van der Waals surface area contributed by atoms with E-state index in [4.69, 9.17) is 9.47 Å². The van der Waals surface area contributed by atoms with Gasteiger partial charge in [0.1, 0.15) is 0 Å². The molecule has 7 heteroatoms. The van der Waals surface area contributed by atoms with Gasteiger partial charge in [0, 0.05) is 0 Å². The van der Waals surface area contributed by atoms with Crippen molar-refractivity contribution < 1.29 is 27.8 Å². The molecular formula is C14H18O6S. The van der Waals surface area contributed by atoms with Gasteiger partial charge in [-0.25, -0.2) is 8.42 Å². The maximum absolute atomic E-state index is 11.6. The van der Waals surface area contributed by atoms with E-state index in [-0.39, 0.29) is 31.0 Å². The topological polar surface area (TPSA) is 89.9 Å². The van der Waals surface area contributed by atoms with E-state index in [9.17, 15) is 18.3 Å². The maximum atomic E-state index is 11.6. The molecule has 2 rings (SSSR count). The van der Waals surface area contributed by atoms with Gasteiger partial charge in [0.05, 0.1) is 30.6 Å². The Balaban J connectivity index is 2.03. The quantitative estimate of drug-likeness (QED) is 0.852. The van der Waals surface area contributed by atoms with Gasteiger partial charge in [-0.1, -0.05) is 12.1 Å². The third-order valence-corrected chi connectivity index (χ3v) is 5.57. The fraction of sp³-hybridized carbons (Fsp3) is 0.500. The van der Waals surface area contributed by atoms with Crippen LogP contribution in [0.3, 0.4) is 0 Å². The van der Waals surface area contributed by atoms with Crippen LogP contribution in [0.1, 0.15) is 12.8 Å². The number of carboxylic acids is 1. The molecule has 1 aliphatic rings. The van der Waals surface area contributed by atoms with Crippen LogP contribution in [-0.2, 0) is 14.6 Å². The van der Waals surface area contributed by atoms with Crippen molar-refractivity contribution in [3.63, 3.8) is 0 Å². The van der Waals surface area contributed by atoms with Gasteiger partial charge in [0.15, 0.2) is 21.3 Å². The van der Waals surface area contributed by atoms with Crippen molar-refractivity contribution in [2.45, 2.75) is 12.8 Å². The van der Waals surface area contributed by atoms with Crippen LogP contribution in [0.2, 0.25) is 0 Å². The van der Waals surface area contributed by atoms with E-state index < -0.39 is 21.2 Å². The zero-order valence-corrected chi connectivity index (χ0v) is 12.6. The Morgan fingerprint density at radius 1 is 1.33 bits per heavy atom. The molecule has 6 nitrogen and oxygen atoms in total. The Hall–Kier alpha value is -1.76. The zero-order chi connectivity index (χ0) is 15.5. The van der Waals surface area contributed by atoms with Crippen LogP contribution in [0, 0.1) is 5.41 Å². The highest BCUT2D eigenvalue weighted by Crippen LogP contribution is 2.36. The summed E-state index contributed by atoms with van der Waals surface area (Å²) in [5.41, 5.74) is -1.24. The van der Waals surface area contributed by atoms with E-state index in [1.807, 2.05) is 0 Å². The first-order valence-corrected chi connectivity index (χ1v) is 8.40. The molecule has 1 aromatic carbocycles. The van der Waals surface area contributed by atoms with Gasteiger partial charge in [-0.05, 0) is 25.0 Å². The summed E-state index contributed by atoms with van der Waals surface area (Å²) in [5, 5.41) is 9.35. The standard InChI is InChI=1S/C14H18O6S/c1-19-11-4-2-3-5-12(11)20-8-6-14(13(15)16)7-9-21(17,18)10-14/h2-5H,6-10H2,1H3,(H,15,16). The Labute approximate surface area is 123 Å². The molecule has 1 heterocycles. The molecule has 0 aromatic heterocycles. The number of carbonyl (C=O) groups is 1. The Kier molecular flexibility index (Phi) is 4.41. The monoisotopic (exact) mass is 314 g/mol. The Bertz CT molecular complexity index is 624. The highest BCUT2D eigenvalue weighted by Gasteiger charge is 2.48. The molecule has 0 amide bonds. The number of ether oxygens (including phenoxy) is 2. The fourth-order valence-corrected chi connectivity index (χ4v) is 4.58. The zero-order valence-electron chi connectivity index (χ0n) is 11.7. The molecule has 1 fully saturated rings. The third-order valence-electron chi connectivity index (χ3n) is 3.75. The lowest BCUT2D eigenvalue weighted by Crippen LogP contribution is -2.34. The lowest BCUT2D eigenvalue weighted by molar-refractivity contribution is -0.148. The number of aliphatic carboxylic acids is 1. The van der Waals surface area contributed by atoms with Gasteiger partial charge < -0.3 is 14.6 Å². The fourth-order valence-electron chi connectivity index (χ4n) is 2.48. The molecule has 116 valence electrons. The van der Waals surface area contributed by atoms with Gasteiger partial charge in [-0.3, -0.25) is 4.79 Å². The minimum atomic E-state index is -3.27. The molecule has 21 heavy (non-hydrogen) atoms. The molecule has 0 radical (unpaired) electrons. The van der Waals surface area contributed by atoms with Crippen LogP contribution < -0.4 is 9.47 Å². The first-order valence-electron chi connectivity index (χ1n) is 6.58. The first-order chi connectivity index (χ1) is 9.88. The lowest BCUT2D eigenvalue weighted by atomic mass is 9.84. The second-order valence-electron chi connectivity index (χ2n) is 5.18. The predicted molar refractivity (Wildman–Crippen MR) is 76.4 cm³/mol. The lowest BCUT2D eigenvalue weighted by Gasteiger charge is -2.22. The smallest absolute Gasteiger partial charge is 0.310 e. The van der Waals surface area contributed by atoms with Crippen LogP contribution >= 0.6 is 0 Å². The number of hydrogen-bond acceptors (Lipinski definition) is 5.